The Morgan fingerprint density at radius 1 is 1.29 bits per heavy atom. The van der Waals surface area contributed by atoms with Crippen molar-refractivity contribution in [3.8, 4) is 0 Å². The van der Waals surface area contributed by atoms with Crippen molar-refractivity contribution in [3.05, 3.63) is 0 Å². The molecule has 0 aromatic heterocycles. The zero-order chi connectivity index (χ0) is 11.2. The van der Waals surface area contributed by atoms with Crippen LogP contribution in [0.2, 0.25) is 0 Å². The van der Waals surface area contributed by atoms with Gasteiger partial charge in [-0.25, -0.2) is 0 Å². The standard InChI is InChI=1S/C9H15F3OS/c1-3-4-5-6-8(2,7-13)14-9(10,11)12/h7H,3-6H2,1-2H3. The van der Waals surface area contributed by atoms with Crippen molar-refractivity contribution < 1.29 is 18.0 Å². The second kappa shape index (κ2) is 5.63. The number of carbonyl (C=O) groups excluding carboxylic acids is 1. The van der Waals surface area contributed by atoms with Gasteiger partial charge >= 0.3 is 5.51 Å². The summed E-state index contributed by atoms with van der Waals surface area (Å²) in [5, 5.41) is 0. The maximum atomic E-state index is 12.1. The molecular weight excluding hydrogens is 213 g/mol. The first-order valence-corrected chi connectivity index (χ1v) is 5.38. The average molecular weight is 228 g/mol. The fourth-order valence-electron chi connectivity index (χ4n) is 1.12. The van der Waals surface area contributed by atoms with E-state index in [0.29, 0.717) is 12.7 Å². The highest BCUT2D eigenvalue weighted by molar-refractivity contribution is 8.02. The lowest BCUT2D eigenvalue weighted by Gasteiger charge is -2.23. The van der Waals surface area contributed by atoms with Crippen LogP contribution in [-0.4, -0.2) is 16.5 Å². The van der Waals surface area contributed by atoms with Crippen molar-refractivity contribution in [1.29, 1.82) is 0 Å². The van der Waals surface area contributed by atoms with Crippen molar-refractivity contribution in [2.45, 2.75) is 49.8 Å². The number of hydrogen-bond acceptors (Lipinski definition) is 2. The molecule has 0 N–H and O–H groups in total. The van der Waals surface area contributed by atoms with E-state index < -0.39 is 10.3 Å². The minimum Gasteiger partial charge on any atom is -0.302 e. The van der Waals surface area contributed by atoms with Crippen LogP contribution in [0, 0.1) is 0 Å². The van der Waals surface area contributed by atoms with Gasteiger partial charge in [-0.15, -0.1) is 0 Å². The molecule has 0 fully saturated rings. The molecule has 5 heteroatoms. The number of rotatable bonds is 6. The van der Waals surface area contributed by atoms with Gasteiger partial charge in [-0.1, -0.05) is 26.2 Å². The molecule has 84 valence electrons. The topological polar surface area (TPSA) is 17.1 Å². The molecule has 0 aliphatic rings. The number of hydrogen-bond donors (Lipinski definition) is 0. The summed E-state index contributed by atoms with van der Waals surface area (Å²) in [4.78, 5) is 10.6. The van der Waals surface area contributed by atoms with E-state index >= 15 is 0 Å². The summed E-state index contributed by atoms with van der Waals surface area (Å²) < 4.78 is 34.8. The summed E-state index contributed by atoms with van der Waals surface area (Å²) in [6.45, 7) is 3.31. The van der Waals surface area contributed by atoms with Crippen LogP contribution in [0.25, 0.3) is 0 Å². The van der Waals surface area contributed by atoms with Gasteiger partial charge in [0.2, 0.25) is 0 Å². The van der Waals surface area contributed by atoms with Crippen LogP contribution in [0.15, 0.2) is 0 Å². The third-order valence-electron chi connectivity index (χ3n) is 1.87. The summed E-state index contributed by atoms with van der Waals surface area (Å²) in [5.41, 5.74) is -4.33. The van der Waals surface area contributed by atoms with Gasteiger partial charge in [0.1, 0.15) is 6.29 Å². The molecule has 0 aromatic rings. The Hall–Kier alpha value is -0.190. The zero-order valence-corrected chi connectivity index (χ0v) is 9.17. The third kappa shape index (κ3) is 6.29. The minimum atomic E-state index is -4.33. The lowest BCUT2D eigenvalue weighted by Crippen LogP contribution is -2.26. The molecule has 0 bridgehead atoms. The van der Waals surface area contributed by atoms with Crippen LogP contribution in [0.3, 0.4) is 0 Å². The lowest BCUT2D eigenvalue weighted by atomic mass is 10.0. The summed E-state index contributed by atoms with van der Waals surface area (Å²) >= 11 is -0.213. The van der Waals surface area contributed by atoms with Crippen molar-refractivity contribution in [1.82, 2.24) is 0 Å². The van der Waals surface area contributed by atoms with Crippen molar-refractivity contribution >= 4 is 18.0 Å². The first-order valence-electron chi connectivity index (χ1n) is 4.56. The number of unbranched alkanes of at least 4 members (excludes halogenated alkanes) is 2. The first-order chi connectivity index (χ1) is 6.33. The van der Waals surface area contributed by atoms with Gasteiger partial charge in [-0.2, -0.15) is 13.2 Å². The van der Waals surface area contributed by atoms with Gasteiger partial charge < -0.3 is 4.79 Å². The van der Waals surface area contributed by atoms with E-state index in [9.17, 15) is 18.0 Å². The molecule has 1 atom stereocenters. The fourth-order valence-corrected chi connectivity index (χ4v) is 1.95. The quantitative estimate of drug-likeness (QED) is 0.508. The second-order valence-electron chi connectivity index (χ2n) is 3.44. The van der Waals surface area contributed by atoms with E-state index in [1.165, 1.54) is 6.92 Å². The lowest BCUT2D eigenvalue weighted by molar-refractivity contribution is -0.110. The molecule has 0 rings (SSSR count). The van der Waals surface area contributed by atoms with E-state index in [1.54, 1.807) is 0 Å². The molecule has 0 radical (unpaired) electrons. The highest BCUT2D eigenvalue weighted by atomic mass is 32.2. The molecule has 0 heterocycles. The van der Waals surface area contributed by atoms with Crippen LogP contribution in [0.1, 0.15) is 39.5 Å². The van der Waals surface area contributed by atoms with Crippen LogP contribution in [0.4, 0.5) is 13.2 Å². The number of aldehydes is 1. The van der Waals surface area contributed by atoms with Crippen molar-refractivity contribution in [2.75, 3.05) is 0 Å². The molecule has 0 spiro atoms. The van der Waals surface area contributed by atoms with Crippen LogP contribution in [0.5, 0.6) is 0 Å². The van der Waals surface area contributed by atoms with Gasteiger partial charge in [0, 0.05) is 0 Å². The Labute approximate surface area is 86.4 Å². The molecule has 0 aliphatic carbocycles. The SMILES string of the molecule is CCCCCC(C)(C=O)SC(F)(F)F. The summed E-state index contributed by atoms with van der Waals surface area (Å²) in [6, 6.07) is 0. The maximum Gasteiger partial charge on any atom is 0.442 e. The van der Waals surface area contributed by atoms with Gasteiger partial charge in [0.15, 0.2) is 0 Å². The molecule has 0 aromatic carbocycles. The van der Waals surface area contributed by atoms with Gasteiger partial charge in [0.25, 0.3) is 0 Å². The summed E-state index contributed by atoms with van der Waals surface area (Å²) in [5.74, 6) is 0. The molecule has 14 heavy (non-hydrogen) atoms. The van der Waals surface area contributed by atoms with Gasteiger partial charge in [0.05, 0.1) is 4.75 Å². The average Bonchev–Trinajstić information content (AvgIpc) is 2.02. The Morgan fingerprint density at radius 2 is 1.86 bits per heavy atom. The van der Waals surface area contributed by atoms with E-state index in [0.717, 1.165) is 12.8 Å². The molecular formula is C9H15F3OS. The van der Waals surface area contributed by atoms with E-state index in [1.807, 2.05) is 6.92 Å². The van der Waals surface area contributed by atoms with Crippen LogP contribution >= 0.6 is 11.8 Å². The third-order valence-corrected chi connectivity index (χ3v) is 2.87. The van der Waals surface area contributed by atoms with E-state index in [2.05, 4.69) is 0 Å². The van der Waals surface area contributed by atoms with Gasteiger partial charge in [-0.3, -0.25) is 0 Å². The predicted molar refractivity (Wildman–Crippen MR) is 52.3 cm³/mol. The second-order valence-corrected chi connectivity index (χ2v) is 5.04. The fraction of sp³-hybridized carbons (Fsp3) is 0.889. The van der Waals surface area contributed by atoms with E-state index in [-0.39, 0.29) is 18.2 Å². The monoisotopic (exact) mass is 228 g/mol. The van der Waals surface area contributed by atoms with Crippen LogP contribution < -0.4 is 0 Å². The highest BCUT2D eigenvalue weighted by Gasteiger charge is 2.39. The number of thioether (sulfide) groups is 1. The molecule has 0 aliphatic heterocycles. The van der Waals surface area contributed by atoms with Crippen molar-refractivity contribution in [3.63, 3.8) is 0 Å². The number of alkyl halides is 3. The maximum absolute atomic E-state index is 12.1. The largest absolute Gasteiger partial charge is 0.442 e. The molecule has 0 saturated heterocycles. The molecule has 1 nitrogen and oxygen atoms in total. The summed E-state index contributed by atoms with van der Waals surface area (Å²) in [6.07, 6.45) is 3.15. The van der Waals surface area contributed by atoms with E-state index in [4.69, 9.17) is 0 Å². The molecule has 0 saturated carbocycles. The molecule has 1 unspecified atom stereocenters. The normalized spacial score (nSPS) is 16.4. The Balaban J connectivity index is 4.11. The summed E-state index contributed by atoms with van der Waals surface area (Å²) in [7, 11) is 0. The number of halogens is 3. The zero-order valence-electron chi connectivity index (χ0n) is 8.36. The Bertz CT molecular complexity index is 181. The molecule has 0 amide bonds. The Morgan fingerprint density at radius 3 is 2.21 bits per heavy atom. The minimum absolute atomic E-state index is 0.213. The first kappa shape index (κ1) is 13.8. The predicted octanol–water partition coefficient (Wildman–Crippen LogP) is 3.78. The smallest absolute Gasteiger partial charge is 0.302 e. The Kier molecular flexibility index (Phi) is 5.56. The number of carbonyl (C=O) groups is 1. The van der Waals surface area contributed by atoms with Gasteiger partial charge in [-0.05, 0) is 25.1 Å². The van der Waals surface area contributed by atoms with Crippen molar-refractivity contribution in [2.24, 2.45) is 0 Å². The van der Waals surface area contributed by atoms with Crippen LogP contribution in [-0.2, 0) is 4.79 Å². The highest BCUT2D eigenvalue weighted by Crippen LogP contribution is 2.41.